The highest BCUT2D eigenvalue weighted by Crippen LogP contribution is 2.33. The highest BCUT2D eigenvalue weighted by molar-refractivity contribution is 5.94. The van der Waals surface area contributed by atoms with E-state index in [9.17, 15) is 14.4 Å². The summed E-state index contributed by atoms with van der Waals surface area (Å²) in [6.07, 6.45) is 3.91. The summed E-state index contributed by atoms with van der Waals surface area (Å²) in [5.41, 5.74) is 6.28. The van der Waals surface area contributed by atoms with Crippen molar-refractivity contribution in [2.75, 3.05) is 106 Å². The summed E-state index contributed by atoms with van der Waals surface area (Å²) in [5, 5.41) is 4.76. The van der Waals surface area contributed by atoms with Crippen LogP contribution in [-0.2, 0) is 50.7 Å². The Kier molecular flexibility index (Phi) is 24.5. The van der Waals surface area contributed by atoms with Crippen molar-refractivity contribution in [2.24, 2.45) is 0 Å². The predicted octanol–water partition coefficient (Wildman–Crippen LogP) is 14.4. The molecule has 8 fully saturated rings. The maximum atomic E-state index is 12.4. The van der Waals surface area contributed by atoms with Gasteiger partial charge in [0.25, 0.3) is 0 Å². The van der Waals surface area contributed by atoms with Crippen molar-refractivity contribution in [3.05, 3.63) is 270 Å². The van der Waals surface area contributed by atoms with Gasteiger partial charge in [0.15, 0.2) is 0 Å². The maximum absolute atomic E-state index is 12.4. The van der Waals surface area contributed by atoms with Crippen LogP contribution in [0.5, 0.6) is 63.2 Å². The molecule has 8 aliphatic rings. The van der Waals surface area contributed by atoms with Crippen molar-refractivity contribution in [1.29, 1.82) is 0 Å². The van der Waals surface area contributed by atoms with Gasteiger partial charge in [-0.2, -0.15) is 0 Å². The van der Waals surface area contributed by atoms with Crippen molar-refractivity contribution in [2.45, 2.75) is 61.7 Å². The molecule has 0 bridgehead atoms. The summed E-state index contributed by atoms with van der Waals surface area (Å²) in [6, 6.07) is 75.7. The van der Waals surface area contributed by atoms with Crippen LogP contribution in [0.2, 0.25) is 0 Å². The number of epoxide rings is 8. The van der Waals surface area contributed by atoms with Gasteiger partial charge in [0.05, 0.1) is 69.5 Å². The Hall–Kier alpha value is -11.6. The highest BCUT2D eigenvalue weighted by atomic mass is 16.6. The van der Waals surface area contributed by atoms with Crippen LogP contribution in [-0.4, -0.2) is 172 Å². The fraction of sp³-hybridized carbons (Fsp3) is 0.286. The highest BCUT2D eigenvalue weighted by Gasteiger charge is 2.29. The molecular formula is C91H84O22. The van der Waals surface area contributed by atoms with Crippen LogP contribution in [0.15, 0.2) is 243 Å². The number of aryl methyl sites for hydroxylation is 2. The molecule has 0 spiro atoms. The number of fused-ring (bicyclic) bond motifs is 2. The molecule has 0 aliphatic carbocycles. The SMILES string of the molecule is O=C(Oc1ccc(OC(=O)c2ccc(OCC3CO3)cc2)cc1)c1ccc(OCC2CO2)cc1.O=C(Oc1ccc(OCC2CO2)cc1)c1ccc(OCC2CO2)cc1.c1cc(OCC2CO2)ccc1CCc1ccc(OCC2CO2)cc1.c1cc2cc(-c3ccc4cc(OCC5CO5)ccc4c3)ccc2cc1OCC1CO1. The lowest BCUT2D eigenvalue weighted by molar-refractivity contribution is 0.0719. The molecule has 0 aromatic heterocycles. The second-order valence-corrected chi connectivity index (χ2v) is 28.1. The van der Waals surface area contributed by atoms with Gasteiger partial charge in [-0.1, -0.05) is 60.7 Å². The number of hydrogen-bond acceptors (Lipinski definition) is 22. The Morgan fingerprint density at radius 2 is 0.407 bits per heavy atom. The maximum Gasteiger partial charge on any atom is 0.343 e. The second-order valence-electron chi connectivity index (χ2n) is 28.1. The lowest BCUT2D eigenvalue weighted by Gasteiger charge is -2.09. The Bertz CT molecular complexity index is 4700. The fourth-order valence-corrected chi connectivity index (χ4v) is 11.3. The first kappa shape index (κ1) is 75.5. The summed E-state index contributed by atoms with van der Waals surface area (Å²) in [7, 11) is 0. The number of carbonyl (C=O) groups excluding carboxylic acids is 3. The van der Waals surface area contributed by atoms with E-state index in [1.54, 1.807) is 121 Å². The Labute approximate surface area is 652 Å². The van der Waals surface area contributed by atoms with Gasteiger partial charge < -0.3 is 90.0 Å². The van der Waals surface area contributed by atoms with Crippen LogP contribution in [0, 0.1) is 0 Å². The first-order valence-electron chi connectivity index (χ1n) is 37.9. The quantitative estimate of drug-likeness (QED) is 0.0206. The van der Waals surface area contributed by atoms with Gasteiger partial charge in [0, 0.05) is 0 Å². The van der Waals surface area contributed by atoms with E-state index in [4.69, 9.17) is 90.0 Å². The van der Waals surface area contributed by atoms with Gasteiger partial charge in [-0.05, 0) is 239 Å². The number of rotatable bonds is 34. The van der Waals surface area contributed by atoms with E-state index in [0.29, 0.717) is 116 Å². The van der Waals surface area contributed by atoms with E-state index in [0.717, 1.165) is 94.4 Å². The van der Waals surface area contributed by atoms with Crippen LogP contribution in [0.4, 0.5) is 0 Å². The zero-order valence-electron chi connectivity index (χ0n) is 61.9. The summed E-state index contributed by atoms with van der Waals surface area (Å²) < 4.78 is 102. The number of ether oxygens (including phenoxy) is 19. The van der Waals surface area contributed by atoms with Gasteiger partial charge >= 0.3 is 17.9 Å². The molecule has 580 valence electrons. The van der Waals surface area contributed by atoms with E-state index in [-0.39, 0.29) is 36.6 Å². The minimum atomic E-state index is -0.502. The number of carbonyl (C=O) groups is 3. The molecule has 22 heteroatoms. The van der Waals surface area contributed by atoms with E-state index in [1.807, 2.05) is 36.4 Å². The lowest BCUT2D eigenvalue weighted by atomic mass is 9.98. The molecule has 11 aromatic carbocycles. The topological polar surface area (TPSA) is 253 Å². The standard InChI is InChI=1S/C26H22O8.C26H22O4.C20H22O4.C19H18O6/c27-25(17-1-5-19(6-2-17)29-13-23-15-31-23)33-21-9-11-22(12-10-21)34-26(28)18-3-7-20(8-4-18)30-14-24-16-32-24;1-3-21-11-23(27-13-25-15-29-25)7-5-19(21)9-17(1)18-2-4-22-12-24(8-6-20(22)10-18)28-14-26-16-30-26;1(15-3-7-17(8-4-15)21-11-19-13-23-19)2-16-5-9-18(10-6-16)22-12-20-14-24-20;20-19(13-1-3-14(4-2-13)21-9-17-11-23-17)25-16-7-5-15(6-8-16)22-10-18-12-24-18/h1-12,23-24H,13-16H2;1-12,25-26H,13-16H2;3-10,19-20H,1-2,11-14H2;1-8,17-18H,9-12H2. The van der Waals surface area contributed by atoms with E-state index in [1.165, 1.54) is 43.8 Å². The second kappa shape index (κ2) is 36.7. The summed E-state index contributed by atoms with van der Waals surface area (Å²) in [4.78, 5) is 36.9. The first-order chi connectivity index (χ1) is 55.5. The first-order valence-corrected chi connectivity index (χ1v) is 37.9. The van der Waals surface area contributed by atoms with Crippen molar-refractivity contribution >= 4 is 39.5 Å². The van der Waals surface area contributed by atoms with Gasteiger partial charge in [0.2, 0.25) is 0 Å². The average molecular weight is 1530 g/mol. The van der Waals surface area contributed by atoms with Crippen LogP contribution < -0.4 is 52.1 Å². The van der Waals surface area contributed by atoms with Crippen molar-refractivity contribution in [3.63, 3.8) is 0 Å². The van der Waals surface area contributed by atoms with Crippen molar-refractivity contribution in [1.82, 2.24) is 0 Å². The molecule has 8 heterocycles. The molecule has 113 heavy (non-hydrogen) atoms. The molecule has 19 rings (SSSR count). The lowest BCUT2D eigenvalue weighted by Crippen LogP contribution is -2.10. The Morgan fingerprint density at radius 1 is 0.221 bits per heavy atom. The Morgan fingerprint density at radius 3 is 0.646 bits per heavy atom. The molecule has 0 radical (unpaired) electrons. The van der Waals surface area contributed by atoms with Gasteiger partial charge in [-0.3, -0.25) is 0 Å². The molecule has 8 saturated heterocycles. The van der Waals surface area contributed by atoms with Gasteiger partial charge in [-0.15, -0.1) is 0 Å². The van der Waals surface area contributed by atoms with Crippen LogP contribution in [0.3, 0.4) is 0 Å². The molecule has 8 unspecified atom stereocenters. The minimum Gasteiger partial charge on any atom is -0.491 e. The minimum absolute atomic E-state index is 0.166. The third-order valence-electron chi connectivity index (χ3n) is 18.8. The molecule has 8 aliphatic heterocycles. The van der Waals surface area contributed by atoms with Crippen LogP contribution >= 0.6 is 0 Å². The third-order valence-corrected chi connectivity index (χ3v) is 18.8. The Balaban J connectivity index is 0.000000115. The fourth-order valence-electron chi connectivity index (χ4n) is 11.3. The van der Waals surface area contributed by atoms with E-state index in [2.05, 4.69) is 84.9 Å². The van der Waals surface area contributed by atoms with Crippen LogP contribution in [0.25, 0.3) is 32.7 Å². The number of hydrogen-bond donors (Lipinski definition) is 0. The van der Waals surface area contributed by atoms with Gasteiger partial charge in [0.1, 0.15) is 165 Å². The molecule has 8 atom stereocenters. The molecule has 0 N–H and O–H groups in total. The smallest absolute Gasteiger partial charge is 0.343 e. The summed E-state index contributed by atoms with van der Waals surface area (Å²) in [6.45, 7) is 10.9. The number of esters is 3. The molecular weight excluding hydrogens is 1440 g/mol. The zero-order valence-corrected chi connectivity index (χ0v) is 61.9. The van der Waals surface area contributed by atoms with Crippen LogP contribution in [0.1, 0.15) is 42.2 Å². The predicted molar refractivity (Wildman–Crippen MR) is 416 cm³/mol. The largest absolute Gasteiger partial charge is 0.491 e. The zero-order chi connectivity index (χ0) is 76.5. The van der Waals surface area contributed by atoms with E-state index < -0.39 is 17.9 Å². The number of benzene rings is 11. The van der Waals surface area contributed by atoms with E-state index >= 15 is 0 Å². The summed E-state index contributed by atoms with van der Waals surface area (Å²) >= 11 is 0. The summed E-state index contributed by atoms with van der Waals surface area (Å²) in [5.74, 6) is 6.05. The third kappa shape index (κ3) is 24.5. The van der Waals surface area contributed by atoms with Gasteiger partial charge in [-0.25, -0.2) is 14.4 Å². The molecule has 22 nitrogen and oxygen atoms in total. The average Bonchev–Trinajstić information content (AvgIpc) is 1.24. The molecule has 0 saturated carbocycles. The molecule has 0 amide bonds. The molecule has 11 aromatic rings. The van der Waals surface area contributed by atoms with Crippen molar-refractivity contribution in [3.8, 4) is 74.4 Å². The monoisotopic (exact) mass is 1530 g/mol. The van der Waals surface area contributed by atoms with Crippen molar-refractivity contribution < 1.29 is 104 Å². The normalized spacial score (nSPS) is 19.8.